The summed E-state index contributed by atoms with van der Waals surface area (Å²) in [5.41, 5.74) is 2.61. The van der Waals surface area contributed by atoms with Crippen molar-refractivity contribution in [3.8, 4) is 5.75 Å². The second-order valence-electron chi connectivity index (χ2n) is 4.69. The molecule has 2 aromatic rings. The molecule has 2 aromatic carbocycles. The van der Waals surface area contributed by atoms with Gasteiger partial charge >= 0.3 is 0 Å². The van der Waals surface area contributed by atoms with Crippen LogP contribution in [0.2, 0.25) is 0 Å². The molecule has 0 bridgehead atoms. The minimum Gasteiger partial charge on any atom is -0.485 e. The van der Waals surface area contributed by atoms with E-state index in [1.54, 1.807) is 0 Å². The lowest BCUT2D eigenvalue weighted by molar-refractivity contribution is 0.164. The van der Waals surface area contributed by atoms with Crippen molar-refractivity contribution in [3.63, 3.8) is 0 Å². The second-order valence-corrected chi connectivity index (χ2v) is 4.69. The summed E-state index contributed by atoms with van der Waals surface area (Å²) < 4.78 is 6.09. The quantitative estimate of drug-likeness (QED) is 0.701. The largest absolute Gasteiger partial charge is 0.485 e. The second kappa shape index (κ2) is 4.25. The minimum absolute atomic E-state index is 0.195. The van der Waals surface area contributed by atoms with Gasteiger partial charge in [0.05, 0.1) is 0 Å². The average molecular weight is 224 g/mol. The lowest BCUT2D eigenvalue weighted by atomic mass is 9.89. The van der Waals surface area contributed by atoms with Crippen LogP contribution in [-0.4, -0.2) is 0 Å². The van der Waals surface area contributed by atoms with Crippen LogP contribution in [0.4, 0.5) is 0 Å². The van der Waals surface area contributed by atoms with Crippen molar-refractivity contribution in [3.05, 3.63) is 65.7 Å². The molecule has 0 radical (unpaired) electrons. The van der Waals surface area contributed by atoms with Gasteiger partial charge in [0.15, 0.2) is 0 Å². The number of hydrogen-bond acceptors (Lipinski definition) is 1. The molecule has 17 heavy (non-hydrogen) atoms. The Morgan fingerprint density at radius 2 is 1.65 bits per heavy atom. The van der Waals surface area contributed by atoms with Crippen molar-refractivity contribution in [1.29, 1.82) is 0 Å². The van der Waals surface area contributed by atoms with Crippen molar-refractivity contribution in [2.45, 2.75) is 25.4 Å². The van der Waals surface area contributed by atoms with Crippen LogP contribution in [-0.2, 0) is 0 Å². The van der Waals surface area contributed by atoms with Crippen LogP contribution in [0.15, 0.2) is 54.6 Å². The molecule has 1 nitrogen and oxygen atoms in total. The zero-order valence-electron chi connectivity index (χ0n) is 9.97. The fraction of sp³-hybridized carbons (Fsp3) is 0.250. The number of rotatable bonds is 1. The maximum atomic E-state index is 6.09. The molecule has 1 heterocycles. The van der Waals surface area contributed by atoms with Crippen LogP contribution in [0.3, 0.4) is 0 Å². The number of ether oxygens (including phenoxy) is 1. The molecule has 0 aromatic heterocycles. The van der Waals surface area contributed by atoms with Crippen LogP contribution in [0.1, 0.15) is 36.5 Å². The van der Waals surface area contributed by atoms with E-state index in [-0.39, 0.29) is 6.10 Å². The SMILES string of the molecule is CC1C[C@@H](c2ccccc2)Oc2ccccc21. The van der Waals surface area contributed by atoms with Gasteiger partial charge in [0.2, 0.25) is 0 Å². The topological polar surface area (TPSA) is 9.23 Å². The summed E-state index contributed by atoms with van der Waals surface area (Å²) in [6.45, 7) is 2.28. The lowest BCUT2D eigenvalue weighted by Crippen LogP contribution is -2.17. The first-order valence-corrected chi connectivity index (χ1v) is 6.15. The Balaban J connectivity index is 1.94. The molecular formula is C16H16O. The third-order valence-corrected chi connectivity index (χ3v) is 3.46. The zero-order valence-corrected chi connectivity index (χ0v) is 9.97. The standard InChI is InChI=1S/C16H16O/c1-12-11-16(13-7-3-2-4-8-13)17-15-10-6-5-9-14(12)15/h2-10,12,16H,11H2,1H3/t12?,16-/m0/s1. The third kappa shape index (κ3) is 1.93. The molecule has 0 saturated carbocycles. The maximum Gasteiger partial charge on any atom is 0.124 e. The van der Waals surface area contributed by atoms with E-state index in [1.807, 2.05) is 12.1 Å². The molecule has 3 rings (SSSR count). The molecular weight excluding hydrogens is 208 g/mol. The number of hydrogen-bond donors (Lipinski definition) is 0. The first-order chi connectivity index (χ1) is 8.34. The number of benzene rings is 2. The van der Waals surface area contributed by atoms with Crippen LogP contribution in [0, 0.1) is 0 Å². The highest BCUT2D eigenvalue weighted by Gasteiger charge is 2.25. The lowest BCUT2D eigenvalue weighted by Gasteiger charge is -2.30. The minimum atomic E-state index is 0.195. The summed E-state index contributed by atoms with van der Waals surface area (Å²) in [6, 6.07) is 18.8. The number of fused-ring (bicyclic) bond motifs is 1. The summed E-state index contributed by atoms with van der Waals surface area (Å²) in [5.74, 6) is 1.60. The van der Waals surface area contributed by atoms with Gasteiger partial charge in [-0.1, -0.05) is 55.5 Å². The molecule has 1 aliphatic heterocycles. The molecule has 0 saturated heterocycles. The summed E-state index contributed by atoms with van der Waals surface area (Å²) >= 11 is 0. The highest BCUT2D eigenvalue weighted by molar-refractivity contribution is 5.39. The van der Waals surface area contributed by atoms with E-state index < -0.39 is 0 Å². The predicted molar refractivity (Wildman–Crippen MR) is 69.3 cm³/mol. The van der Waals surface area contributed by atoms with Crippen molar-refractivity contribution < 1.29 is 4.74 Å². The Labute approximate surface area is 102 Å². The first kappa shape index (κ1) is 10.4. The summed E-state index contributed by atoms with van der Waals surface area (Å²) in [4.78, 5) is 0. The van der Waals surface area contributed by atoms with Gasteiger partial charge in [0.1, 0.15) is 11.9 Å². The summed E-state index contributed by atoms with van der Waals surface area (Å²) in [6.07, 6.45) is 1.25. The fourth-order valence-electron chi connectivity index (χ4n) is 2.52. The van der Waals surface area contributed by atoms with E-state index >= 15 is 0 Å². The Hall–Kier alpha value is -1.76. The molecule has 0 spiro atoms. The molecule has 86 valence electrons. The van der Waals surface area contributed by atoms with Crippen LogP contribution in [0.25, 0.3) is 0 Å². The fourth-order valence-corrected chi connectivity index (χ4v) is 2.52. The highest BCUT2D eigenvalue weighted by Crippen LogP contribution is 2.41. The van der Waals surface area contributed by atoms with Gasteiger partial charge in [-0.2, -0.15) is 0 Å². The van der Waals surface area contributed by atoms with Crippen molar-refractivity contribution in [1.82, 2.24) is 0 Å². The van der Waals surface area contributed by atoms with E-state index in [2.05, 4.69) is 49.4 Å². The average Bonchev–Trinajstić information content (AvgIpc) is 2.40. The van der Waals surface area contributed by atoms with Crippen molar-refractivity contribution in [2.24, 2.45) is 0 Å². The van der Waals surface area contributed by atoms with Crippen molar-refractivity contribution >= 4 is 0 Å². The monoisotopic (exact) mass is 224 g/mol. The van der Waals surface area contributed by atoms with Gasteiger partial charge in [-0.05, 0) is 29.5 Å². The number of para-hydroxylation sites is 1. The Kier molecular flexibility index (Phi) is 2.60. The van der Waals surface area contributed by atoms with E-state index in [9.17, 15) is 0 Å². The van der Waals surface area contributed by atoms with Crippen LogP contribution >= 0.6 is 0 Å². The van der Waals surface area contributed by atoms with Gasteiger partial charge in [-0.15, -0.1) is 0 Å². The van der Waals surface area contributed by atoms with E-state index in [4.69, 9.17) is 4.74 Å². The van der Waals surface area contributed by atoms with Gasteiger partial charge < -0.3 is 4.74 Å². The smallest absolute Gasteiger partial charge is 0.124 e. The molecule has 0 amide bonds. The van der Waals surface area contributed by atoms with Gasteiger partial charge in [0.25, 0.3) is 0 Å². The molecule has 1 aliphatic rings. The van der Waals surface area contributed by atoms with Gasteiger partial charge in [0, 0.05) is 0 Å². The highest BCUT2D eigenvalue weighted by atomic mass is 16.5. The predicted octanol–water partition coefficient (Wildman–Crippen LogP) is 4.31. The Morgan fingerprint density at radius 1 is 0.941 bits per heavy atom. The normalized spacial score (nSPS) is 22.6. The summed E-state index contributed by atoms with van der Waals surface area (Å²) in [5, 5.41) is 0. The van der Waals surface area contributed by atoms with E-state index in [1.165, 1.54) is 11.1 Å². The maximum absolute atomic E-state index is 6.09. The van der Waals surface area contributed by atoms with Gasteiger partial charge in [-0.25, -0.2) is 0 Å². The Morgan fingerprint density at radius 3 is 2.47 bits per heavy atom. The van der Waals surface area contributed by atoms with Crippen LogP contribution in [0.5, 0.6) is 5.75 Å². The molecule has 0 aliphatic carbocycles. The molecule has 0 N–H and O–H groups in total. The van der Waals surface area contributed by atoms with E-state index in [0.29, 0.717) is 5.92 Å². The zero-order chi connectivity index (χ0) is 11.7. The van der Waals surface area contributed by atoms with Gasteiger partial charge in [-0.3, -0.25) is 0 Å². The molecule has 1 unspecified atom stereocenters. The van der Waals surface area contributed by atoms with E-state index in [0.717, 1.165) is 12.2 Å². The third-order valence-electron chi connectivity index (χ3n) is 3.46. The molecule has 1 heteroatoms. The first-order valence-electron chi connectivity index (χ1n) is 6.15. The van der Waals surface area contributed by atoms with Crippen molar-refractivity contribution in [2.75, 3.05) is 0 Å². The summed E-state index contributed by atoms with van der Waals surface area (Å²) in [7, 11) is 0. The Bertz CT molecular complexity index is 504. The molecule has 0 fully saturated rings. The van der Waals surface area contributed by atoms with Crippen LogP contribution < -0.4 is 4.74 Å². The molecule has 2 atom stereocenters.